The molecule has 2 unspecified atom stereocenters. The van der Waals surface area contributed by atoms with Crippen molar-refractivity contribution < 1.29 is 45.5 Å². The molecule has 0 bridgehead atoms. The summed E-state index contributed by atoms with van der Waals surface area (Å²) in [6, 6.07) is 22.7. The van der Waals surface area contributed by atoms with E-state index in [1.54, 1.807) is 72.8 Å². The minimum absolute atomic E-state index is 0. The number of hydrogen-bond donors (Lipinski definition) is 4. The first-order chi connectivity index (χ1) is 35.2. The Hall–Kier alpha value is -4.11. The lowest BCUT2D eigenvalue weighted by Gasteiger charge is -2.43. The molecular weight excluding hydrogens is 1160 g/mol. The van der Waals surface area contributed by atoms with Gasteiger partial charge in [-0.3, -0.25) is 9.59 Å². The van der Waals surface area contributed by atoms with Crippen molar-refractivity contribution in [1.29, 1.82) is 0 Å². The highest BCUT2D eigenvalue weighted by Crippen LogP contribution is 2.47. The number of nitrogens with one attached hydrogen (secondary N) is 3. The molecule has 0 radical (unpaired) electrons. The number of rotatable bonds is 21. The number of nitrogen functional groups attached to an aromatic ring is 1. The predicted octanol–water partition coefficient (Wildman–Crippen LogP) is 11.5. The first-order valence-corrected chi connectivity index (χ1v) is 30.5. The first-order valence-electron chi connectivity index (χ1n) is 23.7. The van der Waals surface area contributed by atoms with Gasteiger partial charge in [0.15, 0.2) is 0 Å². The van der Waals surface area contributed by atoms with E-state index in [2.05, 4.69) is 16.0 Å². The van der Waals surface area contributed by atoms with Gasteiger partial charge in [-0.15, -0.1) is 0 Å². The number of thiocarbonyl (C=S) groups is 2. The fourth-order valence-electron chi connectivity index (χ4n) is 8.47. The zero-order chi connectivity index (χ0) is 55.7. The van der Waals surface area contributed by atoms with E-state index < -0.39 is 48.9 Å². The average molecular weight is 1220 g/mol. The maximum absolute atomic E-state index is 12.6. The highest BCUT2D eigenvalue weighted by atomic mass is 35.5. The van der Waals surface area contributed by atoms with Crippen LogP contribution in [0.5, 0.6) is 0 Å². The molecule has 4 aromatic rings. The molecule has 2 fully saturated rings. The molecule has 416 valence electrons. The highest BCUT2D eigenvalue weighted by molar-refractivity contribution is 7.90. The lowest BCUT2D eigenvalue weighted by molar-refractivity contribution is -0.143. The smallest absolute Gasteiger partial charge is 0.328 e. The second-order valence-corrected chi connectivity index (χ2v) is 25.9. The molecule has 0 aliphatic heterocycles. The SMILES string of the molecule is C.COC(=O)C(Cc1ccc(N)cc1)NC(=S)C1(CCCS(C)(=O)=O)CCC1.COC(=O)C(Cc1ccc(NC(=O)c2c(Cl)cccc2Cl)cc1)NC(=S)C1(CCCS(C)(=O)=O)CCC1.O=C(Cl)c1c(Cl)cccc1Cl. The molecule has 6 rings (SSSR count). The van der Waals surface area contributed by atoms with Crippen molar-refractivity contribution in [3.63, 3.8) is 0 Å². The summed E-state index contributed by atoms with van der Waals surface area (Å²) < 4.78 is 55.8. The molecule has 14 nitrogen and oxygen atoms in total. The number of anilines is 2. The Morgan fingerprint density at radius 3 is 1.28 bits per heavy atom. The number of benzene rings is 4. The number of amides is 1. The standard InChI is InChI=1S/C26H30Cl2N2O5S2.C19H28N2O4S2.C7H3Cl3O.CH4/c1-35-24(32)21(30-25(36)26(12-4-13-26)14-5-15-37(2,33)34)16-17-8-10-18(11-9-17)29-23(31)22-19(27)6-3-7-20(22)28;1-25-17(22)16(13-14-5-7-15(20)8-6-14)21-18(26)19(9-3-10-19)11-4-12-27(2,23)24;8-4-2-1-3-5(9)6(4)7(10)11;/h3,6-11,21H,4-5,12-16H2,1-2H3,(H,29,31)(H,30,36);5-8,16H,3-4,9-13,20H2,1-2H3,(H,21,26);1-3H;1H4. The van der Waals surface area contributed by atoms with Crippen LogP contribution in [0.15, 0.2) is 84.9 Å². The fourth-order valence-corrected chi connectivity index (χ4v) is 12.1. The van der Waals surface area contributed by atoms with Crippen molar-refractivity contribution in [2.75, 3.05) is 49.3 Å². The van der Waals surface area contributed by atoms with Crippen LogP contribution in [0.25, 0.3) is 0 Å². The molecule has 2 atom stereocenters. The van der Waals surface area contributed by atoms with E-state index in [1.165, 1.54) is 26.7 Å². The number of halogens is 5. The van der Waals surface area contributed by atoms with E-state index in [9.17, 15) is 36.0 Å². The van der Waals surface area contributed by atoms with Gasteiger partial charge in [0.05, 0.1) is 55.4 Å². The van der Waals surface area contributed by atoms with Gasteiger partial charge in [0.1, 0.15) is 31.8 Å². The molecule has 0 aromatic heterocycles. The minimum Gasteiger partial charge on any atom is -0.467 e. The number of carbonyl (C=O) groups is 4. The molecule has 0 saturated heterocycles. The molecule has 0 heterocycles. The van der Waals surface area contributed by atoms with Crippen LogP contribution in [0.1, 0.15) is 103 Å². The number of methoxy groups -OCH3 is 2. The van der Waals surface area contributed by atoms with Gasteiger partial charge in [-0.2, -0.15) is 0 Å². The molecule has 5 N–H and O–H groups in total. The van der Waals surface area contributed by atoms with Gasteiger partial charge < -0.3 is 31.2 Å². The second kappa shape index (κ2) is 30.3. The minimum atomic E-state index is -3.05. The average Bonchev–Trinajstić information content (AvgIpc) is 3.30. The second-order valence-electron chi connectivity index (χ2n) is 18.6. The van der Waals surface area contributed by atoms with E-state index >= 15 is 0 Å². The number of carbonyl (C=O) groups excluding carboxylic acids is 4. The number of ether oxygens (including phenoxy) is 2. The molecule has 0 spiro atoms. The molecular formula is C53H65Cl5N4O10S4. The third kappa shape index (κ3) is 20.3. The Bertz CT molecular complexity index is 2860. The molecule has 2 aliphatic rings. The van der Waals surface area contributed by atoms with Gasteiger partial charge in [-0.1, -0.05) is 128 Å². The Labute approximate surface area is 483 Å². The quantitative estimate of drug-likeness (QED) is 0.0264. The summed E-state index contributed by atoms with van der Waals surface area (Å²) in [6.45, 7) is 0. The van der Waals surface area contributed by atoms with Crippen LogP contribution in [-0.2, 0) is 51.6 Å². The van der Waals surface area contributed by atoms with Crippen LogP contribution in [0.3, 0.4) is 0 Å². The topological polar surface area (TPSA) is 217 Å². The van der Waals surface area contributed by atoms with Gasteiger partial charge in [-0.25, -0.2) is 26.4 Å². The van der Waals surface area contributed by atoms with Crippen molar-refractivity contribution in [2.24, 2.45) is 10.8 Å². The van der Waals surface area contributed by atoms with Crippen molar-refractivity contribution in [3.8, 4) is 0 Å². The lowest BCUT2D eigenvalue weighted by atomic mass is 9.66. The van der Waals surface area contributed by atoms with Crippen LogP contribution in [0.4, 0.5) is 11.4 Å². The zero-order valence-corrected chi connectivity index (χ0v) is 48.9. The van der Waals surface area contributed by atoms with Gasteiger partial charge in [0, 0.05) is 59.1 Å². The molecule has 4 aromatic carbocycles. The predicted molar refractivity (Wildman–Crippen MR) is 316 cm³/mol. The third-order valence-electron chi connectivity index (χ3n) is 12.9. The van der Waals surface area contributed by atoms with Crippen molar-refractivity contribution in [1.82, 2.24) is 10.6 Å². The van der Waals surface area contributed by atoms with E-state index in [4.69, 9.17) is 97.6 Å². The van der Waals surface area contributed by atoms with Crippen LogP contribution in [0, 0.1) is 10.8 Å². The molecule has 2 saturated carbocycles. The van der Waals surface area contributed by atoms with Gasteiger partial charge in [0.2, 0.25) is 0 Å². The van der Waals surface area contributed by atoms with Crippen LogP contribution in [-0.4, -0.2) is 100 Å². The Morgan fingerprint density at radius 1 is 0.618 bits per heavy atom. The maximum atomic E-state index is 12.6. The summed E-state index contributed by atoms with van der Waals surface area (Å²) in [7, 11) is -3.36. The van der Waals surface area contributed by atoms with Gasteiger partial charge in [0.25, 0.3) is 11.1 Å². The highest BCUT2D eigenvalue weighted by Gasteiger charge is 2.43. The largest absolute Gasteiger partial charge is 0.467 e. The Morgan fingerprint density at radius 2 is 0.974 bits per heavy atom. The molecule has 23 heteroatoms. The molecule has 2 aliphatic carbocycles. The number of sulfone groups is 2. The monoisotopic (exact) mass is 1220 g/mol. The number of esters is 2. The number of nitrogens with two attached hydrogens (primary N) is 1. The Kier molecular flexibility index (Phi) is 26.4. The van der Waals surface area contributed by atoms with Crippen molar-refractivity contribution in [2.45, 2.75) is 96.6 Å². The van der Waals surface area contributed by atoms with Gasteiger partial charge in [-0.05, 0) is 123 Å². The number of hydrogen-bond acceptors (Lipinski definition) is 13. The Balaban J connectivity index is 0.000000339. The van der Waals surface area contributed by atoms with Crippen molar-refractivity contribution in [3.05, 3.63) is 127 Å². The summed E-state index contributed by atoms with van der Waals surface area (Å²) in [5.41, 5.74) is 8.56. The van der Waals surface area contributed by atoms with Crippen LogP contribution >= 0.6 is 82.4 Å². The maximum Gasteiger partial charge on any atom is 0.328 e. The van der Waals surface area contributed by atoms with E-state index in [0.29, 0.717) is 59.9 Å². The summed E-state index contributed by atoms with van der Waals surface area (Å²) in [5, 5.41) is 9.59. The van der Waals surface area contributed by atoms with Crippen molar-refractivity contribution >= 4 is 147 Å². The van der Waals surface area contributed by atoms with Crippen LogP contribution in [0.2, 0.25) is 20.1 Å². The molecule has 76 heavy (non-hydrogen) atoms. The van der Waals surface area contributed by atoms with Crippen LogP contribution < -0.4 is 21.7 Å². The third-order valence-corrected chi connectivity index (χ3v) is 17.5. The lowest BCUT2D eigenvalue weighted by Crippen LogP contribution is -2.51. The first kappa shape index (κ1) is 66.2. The summed E-state index contributed by atoms with van der Waals surface area (Å²) in [5.74, 6) is -0.977. The summed E-state index contributed by atoms with van der Waals surface area (Å²) in [6.07, 6.45) is 11.3. The van der Waals surface area contributed by atoms with E-state index in [-0.39, 0.29) is 66.9 Å². The van der Waals surface area contributed by atoms with E-state index in [0.717, 1.165) is 49.7 Å². The van der Waals surface area contributed by atoms with E-state index in [1.807, 2.05) is 12.1 Å². The van der Waals surface area contributed by atoms with Gasteiger partial charge >= 0.3 is 11.9 Å². The molecule has 1 amide bonds. The zero-order valence-electron chi connectivity index (χ0n) is 41.8. The fraction of sp³-hybridized carbons (Fsp3) is 0.434. The summed E-state index contributed by atoms with van der Waals surface area (Å²) in [4.78, 5) is 49.3. The normalized spacial score (nSPS) is 14.8. The summed E-state index contributed by atoms with van der Waals surface area (Å²) >= 11 is 40.1.